The number of rotatable bonds is 5. The summed E-state index contributed by atoms with van der Waals surface area (Å²) in [5.74, 6) is -0.0135. The number of thiophene rings is 1. The van der Waals surface area contributed by atoms with Crippen molar-refractivity contribution < 1.29 is 14.3 Å². The third-order valence-corrected chi connectivity index (χ3v) is 7.90. The molecule has 0 bridgehead atoms. The molecular formula is C16H12I2N2O3S. The Bertz CT molecular complexity index is 870. The van der Waals surface area contributed by atoms with Crippen molar-refractivity contribution in [3.8, 4) is 5.88 Å². The number of carbonyl (C=O) groups excluding carboxylic acids is 1. The van der Waals surface area contributed by atoms with Crippen LogP contribution in [0.5, 0.6) is 5.88 Å². The maximum absolute atomic E-state index is 12.2. The SMILES string of the molecule is COC(=O)[C@@H](Cc1ccccc1)Oc1ncnc2sc(I)c(I)c12. The summed E-state index contributed by atoms with van der Waals surface area (Å²) >= 11 is 6.08. The molecular weight excluding hydrogens is 554 g/mol. The van der Waals surface area contributed by atoms with Crippen LogP contribution >= 0.6 is 56.5 Å². The van der Waals surface area contributed by atoms with Crippen LogP contribution < -0.4 is 4.74 Å². The van der Waals surface area contributed by atoms with E-state index >= 15 is 0 Å². The highest BCUT2D eigenvalue weighted by atomic mass is 127. The first-order valence-electron chi connectivity index (χ1n) is 6.97. The predicted molar refractivity (Wildman–Crippen MR) is 109 cm³/mol. The summed E-state index contributed by atoms with van der Waals surface area (Å²) in [5, 5.41) is 0.842. The molecule has 0 N–H and O–H groups in total. The van der Waals surface area contributed by atoms with Gasteiger partial charge < -0.3 is 9.47 Å². The number of hydrogen-bond donors (Lipinski definition) is 0. The molecule has 0 fully saturated rings. The average Bonchev–Trinajstić information content (AvgIpc) is 2.90. The summed E-state index contributed by atoms with van der Waals surface area (Å²) in [4.78, 5) is 21.5. The molecule has 0 unspecified atom stereocenters. The Kier molecular flexibility index (Phi) is 5.87. The smallest absolute Gasteiger partial charge is 0.347 e. The van der Waals surface area contributed by atoms with Gasteiger partial charge >= 0.3 is 5.97 Å². The van der Waals surface area contributed by atoms with Gasteiger partial charge in [-0.1, -0.05) is 30.3 Å². The Hall–Kier alpha value is -1.01. The minimum atomic E-state index is -0.760. The Labute approximate surface area is 170 Å². The first-order chi connectivity index (χ1) is 11.6. The number of ether oxygens (including phenoxy) is 2. The van der Waals surface area contributed by atoms with Crippen LogP contribution in [0.4, 0.5) is 0 Å². The summed E-state index contributed by atoms with van der Waals surface area (Å²) in [5.41, 5.74) is 0.993. The van der Waals surface area contributed by atoms with Gasteiger partial charge in [-0.25, -0.2) is 14.8 Å². The molecule has 0 amide bonds. The topological polar surface area (TPSA) is 61.3 Å². The molecule has 0 aliphatic heterocycles. The minimum Gasteiger partial charge on any atom is -0.466 e. The normalized spacial score (nSPS) is 12.1. The van der Waals surface area contributed by atoms with E-state index in [0.717, 1.165) is 22.2 Å². The fourth-order valence-corrected chi connectivity index (χ4v) is 4.85. The van der Waals surface area contributed by atoms with Crippen molar-refractivity contribution in [2.45, 2.75) is 12.5 Å². The van der Waals surface area contributed by atoms with Gasteiger partial charge in [0.1, 0.15) is 11.2 Å². The Morgan fingerprint density at radius 2 is 2.00 bits per heavy atom. The number of methoxy groups -OCH3 is 1. The number of nitrogens with zero attached hydrogens (tertiary/aromatic N) is 2. The maximum atomic E-state index is 12.2. The third-order valence-electron chi connectivity index (χ3n) is 3.34. The van der Waals surface area contributed by atoms with Crippen LogP contribution in [-0.2, 0) is 16.0 Å². The van der Waals surface area contributed by atoms with Crippen molar-refractivity contribution in [1.29, 1.82) is 0 Å². The van der Waals surface area contributed by atoms with Crippen molar-refractivity contribution in [3.63, 3.8) is 0 Å². The molecule has 24 heavy (non-hydrogen) atoms. The molecule has 0 saturated carbocycles. The molecule has 3 aromatic rings. The van der Waals surface area contributed by atoms with Crippen LogP contribution in [0.25, 0.3) is 10.2 Å². The van der Waals surface area contributed by atoms with Gasteiger partial charge in [-0.15, -0.1) is 11.3 Å². The summed E-state index contributed by atoms with van der Waals surface area (Å²) < 4.78 is 13.0. The van der Waals surface area contributed by atoms with Gasteiger partial charge in [-0.3, -0.25) is 0 Å². The number of fused-ring (bicyclic) bond motifs is 1. The quantitative estimate of drug-likeness (QED) is 0.345. The molecule has 0 aliphatic rings. The molecule has 1 aromatic carbocycles. The van der Waals surface area contributed by atoms with Crippen molar-refractivity contribution in [2.75, 3.05) is 7.11 Å². The van der Waals surface area contributed by atoms with Gasteiger partial charge in [0.25, 0.3) is 0 Å². The lowest BCUT2D eigenvalue weighted by atomic mass is 10.1. The summed E-state index contributed by atoms with van der Waals surface area (Å²) in [6, 6.07) is 9.69. The van der Waals surface area contributed by atoms with Crippen LogP contribution in [0.3, 0.4) is 0 Å². The number of halogens is 2. The molecule has 2 aromatic heterocycles. The molecule has 1 atom stereocenters. The van der Waals surface area contributed by atoms with E-state index in [-0.39, 0.29) is 0 Å². The maximum Gasteiger partial charge on any atom is 0.347 e. The Morgan fingerprint density at radius 3 is 2.71 bits per heavy atom. The van der Waals surface area contributed by atoms with E-state index in [0.29, 0.717) is 12.3 Å². The lowest BCUT2D eigenvalue weighted by Gasteiger charge is -2.17. The van der Waals surface area contributed by atoms with E-state index in [1.165, 1.54) is 13.4 Å². The number of benzene rings is 1. The zero-order chi connectivity index (χ0) is 17.1. The number of hydrogen-bond acceptors (Lipinski definition) is 6. The molecule has 0 spiro atoms. The second-order valence-electron chi connectivity index (χ2n) is 4.87. The molecule has 5 nitrogen and oxygen atoms in total. The largest absolute Gasteiger partial charge is 0.466 e. The van der Waals surface area contributed by atoms with Crippen LogP contribution in [0.15, 0.2) is 36.7 Å². The van der Waals surface area contributed by atoms with Crippen LogP contribution in [-0.4, -0.2) is 29.2 Å². The van der Waals surface area contributed by atoms with Crippen molar-refractivity contribution in [2.24, 2.45) is 0 Å². The molecule has 0 aliphatic carbocycles. The number of esters is 1. The molecule has 3 rings (SSSR count). The predicted octanol–water partition coefficient (Wildman–Crippen LogP) is 4.06. The first kappa shape index (κ1) is 17.8. The standard InChI is InChI=1S/C16H12I2N2O3S/c1-22-16(21)10(7-9-5-3-2-4-6-9)23-14-11-12(17)13(18)24-15(11)20-8-19-14/h2-6,8,10H,7H2,1H3/t10-/m1/s1. The molecule has 8 heteroatoms. The van der Waals surface area contributed by atoms with Crippen LogP contribution in [0.2, 0.25) is 0 Å². The van der Waals surface area contributed by atoms with Gasteiger partial charge in [0.2, 0.25) is 12.0 Å². The third kappa shape index (κ3) is 3.80. The van der Waals surface area contributed by atoms with Gasteiger partial charge in [0.15, 0.2) is 0 Å². The fraction of sp³-hybridized carbons (Fsp3) is 0.188. The Balaban J connectivity index is 1.94. The lowest BCUT2D eigenvalue weighted by Crippen LogP contribution is -2.31. The molecule has 124 valence electrons. The van der Waals surface area contributed by atoms with Crippen molar-refractivity contribution >= 4 is 72.7 Å². The van der Waals surface area contributed by atoms with Crippen molar-refractivity contribution in [3.05, 3.63) is 48.7 Å². The van der Waals surface area contributed by atoms with E-state index in [9.17, 15) is 4.79 Å². The van der Waals surface area contributed by atoms with Gasteiger partial charge in [-0.2, -0.15) is 0 Å². The molecule has 0 radical (unpaired) electrons. The second-order valence-corrected chi connectivity index (χ2v) is 8.76. The van der Waals surface area contributed by atoms with Gasteiger partial charge in [-0.05, 0) is 50.7 Å². The minimum absolute atomic E-state index is 0.412. The van der Waals surface area contributed by atoms with E-state index in [1.807, 2.05) is 30.3 Å². The van der Waals surface area contributed by atoms with Crippen molar-refractivity contribution in [1.82, 2.24) is 9.97 Å². The van der Waals surface area contributed by atoms with E-state index in [4.69, 9.17) is 9.47 Å². The number of carbonyl (C=O) groups is 1. The van der Waals surface area contributed by atoms with Crippen LogP contribution in [0.1, 0.15) is 5.56 Å². The zero-order valence-corrected chi connectivity index (χ0v) is 17.7. The summed E-state index contributed by atoms with van der Waals surface area (Å²) in [6.45, 7) is 0. The van der Waals surface area contributed by atoms with Gasteiger partial charge in [0.05, 0.1) is 19.0 Å². The lowest BCUT2D eigenvalue weighted by molar-refractivity contribution is -0.148. The molecule has 2 heterocycles. The van der Waals surface area contributed by atoms with E-state index < -0.39 is 12.1 Å². The molecule has 0 saturated heterocycles. The number of aromatic nitrogens is 2. The zero-order valence-electron chi connectivity index (χ0n) is 12.5. The monoisotopic (exact) mass is 566 g/mol. The summed E-state index contributed by atoms with van der Waals surface area (Å²) in [7, 11) is 1.36. The summed E-state index contributed by atoms with van der Waals surface area (Å²) in [6.07, 6.45) is 1.11. The highest BCUT2D eigenvalue weighted by Crippen LogP contribution is 2.36. The van der Waals surface area contributed by atoms with Gasteiger partial charge in [0, 0.05) is 6.42 Å². The average molecular weight is 566 g/mol. The first-order valence-corrected chi connectivity index (χ1v) is 9.94. The highest BCUT2D eigenvalue weighted by Gasteiger charge is 2.25. The second kappa shape index (κ2) is 7.91. The van der Waals surface area contributed by atoms with Crippen LogP contribution in [0, 0.1) is 6.45 Å². The van der Waals surface area contributed by atoms with E-state index in [1.54, 1.807) is 11.3 Å². The Morgan fingerprint density at radius 1 is 1.25 bits per heavy atom. The van der Waals surface area contributed by atoms with E-state index in [2.05, 4.69) is 55.1 Å². The highest BCUT2D eigenvalue weighted by molar-refractivity contribution is 14.1. The fourth-order valence-electron chi connectivity index (χ4n) is 2.20.